The average Bonchev–Trinajstić information content (AvgIpc) is 2.17. The third-order valence-electron chi connectivity index (χ3n) is 3.81. The van der Waals surface area contributed by atoms with Crippen LogP contribution in [0.1, 0.15) is 44.9 Å². The van der Waals surface area contributed by atoms with Gasteiger partial charge in [-0.2, -0.15) is 11.8 Å². The minimum Gasteiger partial charge on any atom is -0.162 e. The first-order valence-electron chi connectivity index (χ1n) is 5.44. The largest absolute Gasteiger partial charge is 0.162 e. The van der Waals surface area contributed by atoms with E-state index >= 15 is 0 Å². The van der Waals surface area contributed by atoms with E-state index in [0.717, 1.165) is 17.1 Å². The van der Waals surface area contributed by atoms with Crippen molar-refractivity contribution in [2.24, 2.45) is 11.8 Å². The van der Waals surface area contributed by atoms with Crippen molar-refractivity contribution in [1.29, 1.82) is 0 Å². The van der Waals surface area contributed by atoms with Crippen molar-refractivity contribution in [3.8, 4) is 0 Å². The minimum absolute atomic E-state index is 1.02. The lowest BCUT2D eigenvalue weighted by molar-refractivity contribution is 0.178. The molecule has 0 nitrogen and oxygen atoms in total. The van der Waals surface area contributed by atoms with Crippen LogP contribution in [0, 0.1) is 11.8 Å². The van der Waals surface area contributed by atoms with Gasteiger partial charge in [0, 0.05) is 5.25 Å². The molecule has 2 fully saturated rings. The van der Waals surface area contributed by atoms with E-state index in [1.54, 1.807) is 12.8 Å². The molecule has 70 valence electrons. The molecule has 0 aromatic carbocycles. The molecule has 0 saturated heterocycles. The Kier molecular flexibility index (Phi) is 3.00. The van der Waals surface area contributed by atoms with Crippen molar-refractivity contribution in [3.63, 3.8) is 0 Å². The third-order valence-corrected chi connectivity index (χ3v) is 5.00. The molecule has 12 heavy (non-hydrogen) atoms. The highest BCUT2D eigenvalue weighted by Gasteiger charge is 2.33. The van der Waals surface area contributed by atoms with E-state index in [4.69, 9.17) is 0 Å². The lowest BCUT2D eigenvalue weighted by atomic mass is 9.71. The van der Waals surface area contributed by atoms with E-state index in [0.29, 0.717) is 0 Å². The molecule has 2 aliphatic carbocycles. The number of fused-ring (bicyclic) bond motifs is 1. The van der Waals surface area contributed by atoms with Crippen molar-refractivity contribution in [1.82, 2.24) is 0 Å². The van der Waals surface area contributed by atoms with Crippen molar-refractivity contribution in [2.75, 3.05) is 6.26 Å². The quantitative estimate of drug-likeness (QED) is 0.598. The van der Waals surface area contributed by atoms with Gasteiger partial charge in [-0.3, -0.25) is 0 Å². The first-order chi connectivity index (χ1) is 5.92. The molecule has 2 saturated carbocycles. The van der Waals surface area contributed by atoms with Crippen LogP contribution in [0.25, 0.3) is 0 Å². The topological polar surface area (TPSA) is 0 Å². The molecule has 0 aliphatic heterocycles. The standard InChI is InChI=1S/C11H20S/c1-12-11-8-4-6-9-5-2-3-7-10(9)11/h9-11H,2-8H2,1H3. The van der Waals surface area contributed by atoms with Gasteiger partial charge >= 0.3 is 0 Å². The Morgan fingerprint density at radius 3 is 2.50 bits per heavy atom. The van der Waals surface area contributed by atoms with Gasteiger partial charge in [-0.15, -0.1) is 0 Å². The summed E-state index contributed by atoms with van der Waals surface area (Å²) in [6.07, 6.45) is 13.0. The molecule has 1 heteroatoms. The molecule has 3 atom stereocenters. The normalized spacial score (nSPS) is 42.2. The van der Waals surface area contributed by atoms with Crippen molar-refractivity contribution < 1.29 is 0 Å². The monoisotopic (exact) mass is 184 g/mol. The van der Waals surface area contributed by atoms with Gasteiger partial charge in [0.05, 0.1) is 0 Å². The zero-order valence-electron chi connectivity index (χ0n) is 8.09. The predicted octanol–water partition coefficient (Wildman–Crippen LogP) is 3.71. The Morgan fingerprint density at radius 1 is 0.917 bits per heavy atom. The predicted molar refractivity (Wildman–Crippen MR) is 56.6 cm³/mol. The van der Waals surface area contributed by atoms with Gasteiger partial charge in [0.15, 0.2) is 0 Å². The van der Waals surface area contributed by atoms with Crippen LogP contribution in [0.3, 0.4) is 0 Å². The average molecular weight is 184 g/mol. The molecule has 0 amide bonds. The molecule has 0 spiro atoms. The van der Waals surface area contributed by atoms with Crippen LogP contribution in [0.5, 0.6) is 0 Å². The molecule has 0 aromatic rings. The van der Waals surface area contributed by atoms with Crippen molar-refractivity contribution in [3.05, 3.63) is 0 Å². The van der Waals surface area contributed by atoms with E-state index in [1.807, 2.05) is 0 Å². The second kappa shape index (κ2) is 4.04. The SMILES string of the molecule is CSC1CCCC2CCCCC21. The van der Waals surface area contributed by atoms with E-state index in [-0.39, 0.29) is 0 Å². The van der Waals surface area contributed by atoms with Crippen molar-refractivity contribution in [2.45, 2.75) is 50.2 Å². The Bertz CT molecular complexity index is 135. The number of rotatable bonds is 1. The molecule has 3 unspecified atom stereocenters. The van der Waals surface area contributed by atoms with Crippen LogP contribution in [-0.2, 0) is 0 Å². The van der Waals surface area contributed by atoms with Crippen LogP contribution < -0.4 is 0 Å². The Labute approximate surface area is 80.5 Å². The van der Waals surface area contributed by atoms with Gasteiger partial charge in [-0.25, -0.2) is 0 Å². The molecule has 2 aliphatic rings. The second-order valence-electron chi connectivity index (χ2n) is 4.41. The van der Waals surface area contributed by atoms with E-state index < -0.39 is 0 Å². The summed E-state index contributed by atoms with van der Waals surface area (Å²) in [7, 11) is 0. The summed E-state index contributed by atoms with van der Waals surface area (Å²) in [5.74, 6) is 2.22. The number of thioether (sulfide) groups is 1. The Morgan fingerprint density at radius 2 is 1.67 bits per heavy atom. The summed E-state index contributed by atoms with van der Waals surface area (Å²) in [5, 5.41) is 1.02. The minimum atomic E-state index is 1.02. The van der Waals surface area contributed by atoms with Gasteiger partial charge in [0.25, 0.3) is 0 Å². The number of hydrogen-bond donors (Lipinski definition) is 0. The van der Waals surface area contributed by atoms with Crippen LogP contribution in [0.4, 0.5) is 0 Å². The maximum atomic E-state index is 2.31. The fraction of sp³-hybridized carbons (Fsp3) is 1.00. The molecule has 0 bridgehead atoms. The first kappa shape index (κ1) is 8.93. The molecule has 0 radical (unpaired) electrons. The summed E-state index contributed by atoms with van der Waals surface area (Å²) >= 11 is 2.13. The third kappa shape index (κ3) is 1.66. The molecular formula is C11H20S. The van der Waals surface area contributed by atoms with E-state index in [1.165, 1.54) is 32.1 Å². The van der Waals surface area contributed by atoms with E-state index in [9.17, 15) is 0 Å². The Balaban J connectivity index is 1.99. The smallest absolute Gasteiger partial charge is 0.00751 e. The lowest BCUT2D eigenvalue weighted by Gasteiger charge is -2.40. The van der Waals surface area contributed by atoms with Gasteiger partial charge in [0.2, 0.25) is 0 Å². The summed E-state index contributed by atoms with van der Waals surface area (Å²) in [6.45, 7) is 0. The zero-order valence-corrected chi connectivity index (χ0v) is 8.91. The number of hydrogen-bond acceptors (Lipinski definition) is 1. The summed E-state index contributed by atoms with van der Waals surface area (Å²) in [4.78, 5) is 0. The summed E-state index contributed by atoms with van der Waals surface area (Å²) in [6, 6.07) is 0. The van der Waals surface area contributed by atoms with Crippen LogP contribution >= 0.6 is 11.8 Å². The molecule has 0 heterocycles. The first-order valence-corrected chi connectivity index (χ1v) is 6.73. The van der Waals surface area contributed by atoms with Crippen LogP contribution in [-0.4, -0.2) is 11.5 Å². The fourth-order valence-corrected chi connectivity index (χ4v) is 4.28. The maximum Gasteiger partial charge on any atom is 0.00751 e. The zero-order chi connectivity index (χ0) is 8.39. The van der Waals surface area contributed by atoms with Crippen LogP contribution in [0.15, 0.2) is 0 Å². The van der Waals surface area contributed by atoms with Gasteiger partial charge in [-0.05, 0) is 30.9 Å². The highest BCUT2D eigenvalue weighted by Crippen LogP contribution is 2.44. The van der Waals surface area contributed by atoms with E-state index in [2.05, 4.69) is 18.0 Å². The van der Waals surface area contributed by atoms with Gasteiger partial charge in [0.1, 0.15) is 0 Å². The van der Waals surface area contributed by atoms with Gasteiger partial charge < -0.3 is 0 Å². The Hall–Kier alpha value is 0.350. The molecular weight excluding hydrogens is 164 g/mol. The van der Waals surface area contributed by atoms with Gasteiger partial charge in [-0.1, -0.05) is 32.1 Å². The molecule has 0 aromatic heterocycles. The summed E-state index contributed by atoms with van der Waals surface area (Å²) < 4.78 is 0. The van der Waals surface area contributed by atoms with Crippen LogP contribution in [0.2, 0.25) is 0 Å². The molecule has 0 N–H and O–H groups in total. The highest BCUT2D eigenvalue weighted by atomic mass is 32.2. The summed E-state index contributed by atoms with van der Waals surface area (Å²) in [5.41, 5.74) is 0. The maximum absolute atomic E-state index is 2.31. The fourth-order valence-electron chi connectivity index (χ4n) is 3.17. The van der Waals surface area contributed by atoms with Crippen molar-refractivity contribution >= 4 is 11.8 Å². The molecule has 2 rings (SSSR count). The second-order valence-corrected chi connectivity index (χ2v) is 5.49. The highest BCUT2D eigenvalue weighted by molar-refractivity contribution is 7.99. The lowest BCUT2D eigenvalue weighted by Crippen LogP contribution is -2.32.